The van der Waals surface area contributed by atoms with Crippen LogP contribution in [0.5, 0.6) is 0 Å². The van der Waals surface area contributed by atoms with Crippen molar-refractivity contribution < 1.29 is 0 Å². The Labute approximate surface area is 290 Å². The fourth-order valence-corrected chi connectivity index (χ4v) is 14.2. The maximum Gasteiger partial charge on any atom is 0.0864 e. The SMILES string of the molecule is S=C(C1CCCCC1)N(C(=S)C1CCCCC1)C12CC3CC(C1)CC(N(C(=S)C1CCCCC1)C(=S)C1CCCCC1)(C3)C2. The molecule has 0 radical (unpaired) electrons. The molecule has 2 nitrogen and oxygen atoms in total. The van der Waals surface area contributed by atoms with E-state index in [1.807, 2.05) is 0 Å². The highest BCUT2D eigenvalue weighted by Gasteiger charge is 2.64. The van der Waals surface area contributed by atoms with E-state index in [0.717, 1.165) is 11.8 Å². The van der Waals surface area contributed by atoms with E-state index in [0.29, 0.717) is 23.7 Å². The molecule has 0 N–H and O–H groups in total. The quantitative estimate of drug-likeness (QED) is 0.258. The molecule has 0 unspecified atom stereocenters. The predicted octanol–water partition coefficient (Wildman–Crippen LogP) is 11.3. The second-order valence-electron chi connectivity index (χ2n) is 16.8. The lowest BCUT2D eigenvalue weighted by atomic mass is 9.48. The Kier molecular flexibility index (Phi) is 10.2. The van der Waals surface area contributed by atoms with Gasteiger partial charge in [0.25, 0.3) is 0 Å². The molecule has 4 bridgehead atoms. The monoisotopic (exact) mass is 670 g/mol. The highest BCUT2D eigenvalue weighted by atomic mass is 32.1. The van der Waals surface area contributed by atoms with Crippen molar-refractivity contribution in [1.29, 1.82) is 0 Å². The molecule has 0 aromatic rings. The lowest BCUT2D eigenvalue weighted by molar-refractivity contribution is -0.0902. The summed E-state index contributed by atoms with van der Waals surface area (Å²) in [5.74, 6) is 3.62. The van der Waals surface area contributed by atoms with Gasteiger partial charge in [-0.2, -0.15) is 0 Å². The van der Waals surface area contributed by atoms with E-state index in [4.69, 9.17) is 48.9 Å². The van der Waals surface area contributed by atoms with Crippen LogP contribution in [0.15, 0.2) is 0 Å². The number of nitrogens with zero attached hydrogens (tertiary/aromatic N) is 2. The summed E-state index contributed by atoms with van der Waals surface area (Å²) in [6.45, 7) is 0. The van der Waals surface area contributed by atoms with Crippen LogP contribution in [0.1, 0.15) is 167 Å². The van der Waals surface area contributed by atoms with Crippen LogP contribution in [0.25, 0.3) is 0 Å². The van der Waals surface area contributed by atoms with Gasteiger partial charge in [0.1, 0.15) is 0 Å². The van der Waals surface area contributed by atoms with Crippen LogP contribution in [-0.2, 0) is 0 Å². The molecule has 8 fully saturated rings. The molecule has 0 aromatic heterocycles. The van der Waals surface area contributed by atoms with Crippen molar-refractivity contribution in [2.24, 2.45) is 35.5 Å². The summed E-state index contributed by atoms with van der Waals surface area (Å²) in [7, 11) is 0. The van der Waals surface area contributed by atoms with Gasteiger partial charge in [-0.3, -0.25) is 0 Å². The lowest BCUT2D eigenvalue weighted by Crippen LogP contribution is -2.73. The molecule has 8 saturated carbocycles. The van der Waals surface area contributed by atoms with Crippen LogP contribution in [0.3, 0.4) is 0 Å². The van der Waals surface area contributed by atoms with Gasteiger partial charge in [0.05, 0.1) is 20.0 Å². The van der Waals surface area contributed by atoms with Gasteiger partial charge < -0.3 is 9.80 Å². The normalized spacial score (nSPS) is 35.4. The average molecular weight is 671 g/mol. The molecule has 8 rings (SSSR count). The molecule has 44 heavy (non-hydrogen) atoms. The maximum absolute atomic E-state index is 6.66. The molecule has 0 heterocycles. The Bertz CT molecular complexity index is 936. The van der Waals surface area contributed by atoms with Crippen molar-refractivity contribution in [2.45, 2.75) is 178 Å². The second kappa shape index (κ2) is 13.8. The van der Waals surface area contributed by atoms with E-state index < -0.39 is 0 Å². The smallest absolute Gasteiger partial charge is 0.0864 e. The molecule has 0 spiro atoms. The zero-order chi connectivity index (χ0) is 30.3. The van der Waals surface area contributed by atoms with Crippen LogP contribution >= 0.6 is 48.9 Å². The van der Waals surface area contributed by atoms with Gasteiger partial charge in [0.15, 0.2) is 0 Å². The number of thiocarbonyl (C=S) groups is 4. The minimum absolute atomic E-state index is 0.0652. The second-order valence-corrected chi connectivity index (χ2v) is 18.4. The summed E-state index contributed by atoms with van der Waals surface area (Å²) in [4.78, 5) is 10.5. The molecular weight excluding hydrogens is 613 g/mol. The van der Waals surface area contributed by atoms with Gasteiger partial charge in [0.2, 0.25) is 0 Å². The summed E-state index contributed by atoms with van der Waals surface area (Å²) in [6.07, 6.45) is 33.9. The average Bonchev–Trinajstić information content (AvgIpc) is 3.05. The first-order valence-corrected chi connectivity index (χ1v) is 20.8. The molecule has 8 aliphatic carbocycles. The molecule has 244 valence electrons. The van der Waals surface area contributed by atoms with E-state index in [-0.39, 0.29) is 11.1 Å². The van der Waals surface area contributed by atoms with Gasteiger partial charge in [0, 0.05) is 34.7 Å². The minimum atomic E-state index is 0.0652. The summed E-state index contributed by atoms with van der Waals surface area (Å²) in [6, 6.07) is 0. The summed E-state index contributed by atoms with van der Waals surface area (Å²) >= 11 is 26.6. The summed E-state index contributed by atoms with van der Waals surface area (Å²) < 4.78 is 0. The zero-order valence-corrected chi connectivity index (χ0v) is 30.6. The predicted molar refractivity (Wildman–Crippen MR) is 201 cm³/mol. The Morgan fingerprint density at radius 3 is 0.886 bits per heavy atom. The molecule has 0 aliphatic heterocycles. The van der Waals surface area contributed by atoms with Crippen LogP contribution in [-0.4, -0.2) is 40.8 Å². The van der Waals surface area contributed by atoms with Crippen LogP contribution in [0, 0.1) is 35.5 Å². The fourth-order valence-electron chi connectivity index (χ4n) is 12.0. The van der Waals surface area contributed by atoms with Crippen molar-refractivity contribution in [2.75, 3.05) is 0 Å². The summed E-state index contributed by atoms with van der Waals surface area (Å²) in [5, 5.41) is 0. The van der Waals surface area contributed by atoms with Crippen molar-refractivity contribution in [3.63, 3.8) is 0 Å². The van der Waals surface area contributed by atoms with Crippen LogP contribution in [0.2, 0.25) is 0 Å². The Balaban J connectivity index is 1.27. The zero-order valence-electron chi connectivity index (χ0n) is 27.4. The van der Waals surface area contributed by atoms with Gasteiger partial charge in [-0.1, -0.05) is 126 Å². The Morgan fingerprint density at radius 1 is 0.386 bits per heavy atom. The first kappa shape index (κ1) is 32.5. The number of hydrogen-bond donors (Lipinski definition) is 0. The van der Waals surface area contributed by atoms with E-state index in [2.05, 4.69) is 9.80 Å². The third-order valence-electron chi connectivity index (χ3n) is 13.6. The molecular formula is C38H58N2S4. The Morgan fingerprint density at radius 2 is 0.636 bits per heavy atom. The first-order chi connectivity index (χ1) is 21.4. The molecule has 0 amide bonds. The Hall–Kier alpha value is -0.0400. The van der Waals surface area contributed by atoms with Crippen LogP contribution < -0.4 is 0 Å². The number of hydrogen-bond acceptors (Lipinski definition) is 4. The standard InChI is InChI=1S/C38H58N2S4/c41-33(29-13-5-1-6-14-29)39(34(42)30-15-7-2-8-16-30)37-22-27-21-28(23-37)25-38(24-27,26-37)40(35(43)31-17-9-3-10-18-31)36(44)32-19-11-4-12-20-32/h27-32H,1-26H2. The van der Waals surface area contributed by atoms with Crippen LogP contribution in [0.4, 0.5) is 0 Å². The topological polar surface area (TPSA) is 6.48 Å². The third kappa shape index (κ3) is 6.27. The van der Waals surface area contributed by atoms with Gasteiger partial charge in [-0.15, -0.1) is 0 Å². The highest BCUT2D eigenvalue weighted by molar-refractivity contribution is 7.82. The lowest BCUT2D eigenvalue weighted by Gasteiger charge is -2.68. The molecule has 0 saturated heterocycles. The first-order valence-electron chi connectivity index (χ1n) is 19.1. The number of rotatable bonds is 6. The van der Waals surface area contributed by atoms with E-state index in [1.54, 1.807) is 0 Å². The minimum Gasteiger partial charge on any atom is -0.324 e. The molecule has 8 aliphatic rings. The molecule has 0 atom stereocenters. The largest absolute Gasteiger partial charge is 0.324 e. The van der Waals surface area contributed by atoms with Crippen molar-refractivity contribution >= 4 is 68.8 Å². The third-order valence-corrected chi connectivity index (χ3v) is 15.7. The van der Waals surface area contributed by atoms with Gasteiger partial charge >= 0.3 is 0 Å². The molecule has 6 heteroatoms. The van der Waals surface area contributed by atoms with E-state index in [9.17, 15) is 0 Å². The van der Waals surface area contributed by atoms with Crippen molar-refractivity contribution in [3.8, 4) is 0 Å². The maximum atomic E-state index is 6.66. The van der Waals surface area contributed by atoms with E-state index >= 15 is 0 Å². The highest BCUT2D eigenvalue weighted by Crippen LogP contribution is 2.63. The fraction of sp³-hybridized carbons (Fsp3) is 0.895. The van der Waals surface area contributed by atoms with Gasteiger partial charge in [-0.25, -0.2) is 0 Å². The van der Waals surface area contributed by atoms with Crippen molar-refractivity contribution in [1.82, 2.24) is 9.80 Å². The summed E-state index contributed by atoms with van der Waals surface area (Å²) in [5.41, 5.74) is 0.130. The van der Waals surface area contributed by atoms with E-state index in [1.165, 1.54) is 187 Å². The molecule has 0 aromatic carbocycles. The van der Waals surface area contributed by atoms with Gasteiger partial charge in [-0.05, 0) is 102 Å². The van der Waals surface area contributed by atoms with Crippen molar-refractivity contribution in [3.05, 3.63) is 0 Å².